The molecule has 0 aromatic heterocycles. The first-order valence-corrected chi connectivity index (χ1v) is 8.25. The van der Waals surface area contributed by atoms with Crippen molar-refractivity contribution in [2.75, 3.05) is 0 Å². The third-order valence-corrected chi connectivity index (χ3v) is 4.09. The van der Waals surface area contributed by atoms with Crippen molar-refractivity contribution in [2.24, 2.45) is 0 Å². The molecule has 0 aliphatic rings. The molecule has 0 spiro atoms. The van der Waals surface area contributed by atoms with Crippen LogP contribution in [0.5, 0.6) is 5.75 Å². The smallest absolute Gasteiger partial charge is 0.343 e. The van der Waals surface area contributed by atoms with Crippen LogP contribution in [0.25, 0.3) is 11.1 Å². The molecule has 0 atom stereocenters. The van der Waals surface area contributed by atoms with Crippen molar-refractivity contribution in [3.63, 3.8) is 0 Å². The molecule has 0 amide bonds. The van der Waals surface area contributed by atoms with Crippen LogP contribution in [0.2, 0.25) is 0 Å². The first kappa shape index (κ1) is 16.9. The van der Waals surface area contributed by atoms with Gasteiger partial charge in [-0.25, -0.2) is 9.59 Å². The molecule has 0 saturated heterocycles. The van der Waals surface area contributed by atoms with E-state index in [1.807, 2.05) is 6.07 Å². The molecule has 0 heterocycles. The summed E-state index contributed by atoms with van der Waals surface area (Å²) in [6.07, 6.45) is 0. The van der Waals surface area contributed by atoms with Gasteiger partial charge in [0, 0.05) is 10.0 Å². The Morgan fingerprint density at radius 2 is 1.52 bits per heavy atom. The second-order valence-electron chi connectivity index (χ2n) is 5.25. The van der Waals surface area contributed by atoms with Gasteiger partial charge < -0.3 is 9.84 Å². The third-order valence-electron chi connectivity index (χ3n) is 3.60. The molecule has 0 unspecified atom stereocenters. The van der Waals surface area contributed by atoms with E-state index in [4.69, 9.17) is 4.74 Å². The van der Waals surface area contributed by atoms with Crippen LogP contribution in [0.15, 0.2) is 77.3 Å². The van der Waals surface area contributed by atoms with Gasteiger partial charge in [0.2, 0.25) is 0 Å². The van der Waals surface area contributed by atoms with Crippen LogP contribution in [0, 0.1) is 0 Å². The van der Waals surface area contributed by atoms with Crippen LogP contribution in [-0.2, 0) is 0 Å². The van der Waals surface area contributed by atoms with Crippen LogP contribution in [0.1, 0.15) is 20.7 Å². The maximum Gasteiger partial charge on any atom is 0.343 e. The van der Waals surface area contributed by atoms with E-state index in [1.54, 1.807) is 60.7 Å². The molecule has 3 aromatic rings. The Bertz CT molecular complexity index is 950. The second kappa shape index (κ2) is 7.32. The second-order valence-corrected chi connectivity index (χ2v) is 6.16. The number of carboxylic acids is 1. The summed E-state index contributed by atoms with van der Waals surface area (Å²) in [6, 6.07) is 20.4. The number of rotatable bonds is 4. The van der Waals surface area contributed by atoms with E-state index in [-0.39, 0.29) is 5.56 Å². The highest BCUT2D eigenvalue weighted by Crippen LogP contribution is 2.33. The van der Waals surface area contributed by atoms with Crippen molar-refractivity contribution in [1.82, 2.24) is 0 Å². The van der Waals surface area contributed by atoms with Crippen molar-refractivity contribution >= 4 is 27.9 Å². The molecular weight excluding hydrogens is 384 g/mol. The van der Waals surface area contributed by atoms with Crippen molar-refractivity contribution in [1.29, 1.82) is 0 Å². The van der Waals surface area contributed by atoms with Gasteiger partial charge in [0.05, 0.1) is 11.1 Å². The lowest BCUT2D eigenvalue weighted by Gasteiger charge is -2.12. The van der Waals surface area contributed by atoms with Gasteiger partial charge in [-0.2, -0.15) is 0 Å². The number of ether oxygens (including phenoxy) is 1. The quantitative estimate of drug-likeness (QED) is 0.495. The van der Waals surface area contributed by atoms with Crippen molar-refractivity contribution < 1.29 is 19.4 Å². The van der Waals surface area contributed by atoms with Crippen LogP contribution < -0.4 is 4.74 Å². The number of hydrogen-bond donors (Lipinski definition) is 1. The van der Waals surface area contributed by atoms with Gasteiger partial charge in [-0.3, -0.25) is 0 Å². The highest BCUT2D eigenvalue weighted by Gasteiger charge is 2.17. The molecule has 25 heavy (non-hydrogen) atoms. The minimum Gasteiger partial charge on any atom is -0.478 e. The van der Waals surface area contributed by atoms with E-state index < -0.39 is 11.9 Å². The molecule has 0 fully saturated rings. The largest absolute Gasteiger partial charge is 0.478 e. The highest BCUT2D eigenvalue weighted by molar-refractivity contribution is 9.10. The minimum absolute atomic E-state index is 0.147. The highest BCUT2D eigenvalue weighted by atomic mass is 79.9. The van der Waals surface area contributed by atoms with Crippen molar-refractivity contribution in [3.8, 4) is 16.9 Å². The molecule has 0 aliphatic carbocycles. The Morgan fingerprint density at radius 3 is 2.24 bits per heavy atom. The Hall–Kier alpha value is -2.92. The van der Waals surface area contributed by atoms with Crippen LogP contribution in [0.3, 0.4) is 0 Å². The van der Waals surface area contributed by atoms with E-state index in [0.29, 0.717) is 22.4 Å². The van der Waals surface area contributed by atoms with Gasteiger partial charge in [-0.15, -0.1) is 0 Å². The summed E-state index contributed by atoms with van der Waals surface area (Å²) in [5.74, 6) is -1.24. The number of carbonyl (C=O) groups excluding carboxylic acids is 1. The zero-order valence-corrected chi connectivity index (χ0v) is 14.6. The van der Waals surface area contributed by atoms with Crippen LogP contribution in [-0.4, -0.2) is 17.0 Å². The van der Waals surface area contributed by atoms with Gasteiger partial charge in [-0.05, 0) is 35.9 Å². The molecule has 5 heteroatoms. The fourth-order valence-electron chi connectivity index (χ4n) is 2.46. The van der Waals surface area contributed by atoms with Gasteiger partial charge in [-0.1, -0.05) is 58.4 Å². The lowest BCUT2D eigenvalue weighted by atomic mass is 9.99. The summed E-state index contributed by atoms with van der Waals surface area (Å²) < 4.78 is 6.29. The number of hydrogen-bond acceptors (Lipinski definition) is 3. The number of esters is 1. The molecule has 0 aliphatic heterocycles. The molecule has 0 saturated carbocycles. The fraction of sp³-hybridized carbons (Fsp3) is 0. The monoisotopic (exact) mass is 396 g/mol. The summed E-state index contributed by atoms with van der Waals surface area (Å²) in [7, 11) is 0. The standard InChI is InChI=1S/C20H13BrO4/c21-14-7-5-6-13(12-14)20(24)25-18-11-4-3-9-16(18)15-8-1-2-10-17(15)19(22)23/h1-12H,(H,22,23). The number of halogens is 1. The molecule has 124 valence electrons. The van der Waals surface area contributed by atoms with E-state index in [2.05, 4.69) is 15.9 Å². The number of benzene rings is 3. The van der Waals surface area contributed by atoms with Gasteiger partial charge in [0.25, 0.3) is 0 Å². The topological polar surface area (TPSA) is 63.6 Å². The summed E-state index contributed by atoms with van der Waals surface area (Å²) >= 11 is 3.32. The number of carbonyl (C=O) groups is 2. The average molecular weight is 397 g/mol. The normalized spacial score (nSPS) is 10.3. The molecule has 0 radical (unpaired) electrons. The predicted molar refractivity (Wildman–Crippen MR) is 97.9 cm³/mol. The van der Waals surface area contributed by atoms with E-state index in [9.17, 15) is 14.7 Å². The Labute approximate surface area is 152 Å². The SMILES string of the molecule is O=C(Oc1ccccc1-c1ccccc1C(=O)O)c1cccc(Br)c1. The first-order valence-electron chi connectivity index (χ1n) is 7.46. The lowest BCUT2D eigenvalue weighted by molar-refractivity contribution is 0.0696. The zero-order valence-electron chi connectivity index (χ0n) is 13.0. The zero-order chi connectivity index (χ0) is 17.8. The van der Waals surface area contributed by atoms with Gasteiger partial charge in [0.15, 0.2) is 0 Å². The lowest BCUT2D eigenvalue weighted by Crippen LogP contribution is -2.09. The molecule has 4 nitrogen and oxygen atoms in total. The summed E-state index contributed by atoms with van der Waals surface area (Å²) in [6.45, 7) is 0. The van der Waals surface area contributed by atoms with Crippen molar-refractivity contribution in [2.45, 2.75) is 0 Å². The van der Waals surface area contributed by atoms with Gasteiger partial charge >= 0.3 is 11.9 Å². The van der Waals surface area contributed by atoms with Crippen LogP contribution in [0.4, 0.5) is 0 Å². The summed E-state index contributed by atoms with van der Waals surface area (Å²) in [4.78, 5) is 23.9. The van der Waals surface area contributed by atoms with E-state index in [0.717, 1.165) is 4.47 Å². The van der Waals surface area contributed by atoms with E-state index in [1.165, 1.54) is 6.07 Å². The average Bonchev–Trinajstić information content (AvgIpc) is 2.62. The Morgan fingerprint density at radius 1 is 0.840 bits per heavy atom. The molecule has 0 bridgehead atoms. The predicted octanol–water partition coefficient (Wildman–Crippen LogP) is 5.03. The van der Waals surface area contributed by atoms with Crippen molar-refractivity contribution in [3.05, 3.63) is 88.4 Å². The number of carboxylic acid groups (broad SMARTS) is 1. The molecule has 1 N–H and O–H groups in total. The maximum absolute atomic E-state index is 12.4. The minimum atomic E-state index is -1.04. The Kier molecular flexibility index (Phi) is 4.95. The Balaban J connectivity index is 2.00. The molecular formula is C20H13BrO4. The third kappa shape index (κ3) is 3.78. The molecule has 3 aromatic carbocycles. The number of aromatic carboxylic acids is 1. The summed E-state index contributed by atoms with van der Waals surface area (Å²) in [5, 5.41) is 9.40. The first-order chi connectivity index (χ1) is 12.1. The maximum atomic E-state index is 12.4. The van der Waals surface area contributed by atoms with E-state index >= 15 is 0 Å². The van der Waals surface area contributed by atoms with Crippen LogP contribution >= 0.6 is 15.9 Å². The number of para-hydroxylation sites is 1. The summed E-state index contributed by atoms with van der Waals surface area (Å²) in [5.41, 5.74) is 1.58. The molecule has 3 rings (SSSR count). The fourth-order valence-corrected chi connectivity index (χ4v) is 2.86. The van der Waals surface area contributed by atoms with Gasteiger partial charge in [0.1, 0.15) is 5.75 Å².